The van der Waals surface area contributed by atoms with E-state index in [1.54, 1.807) is 12.1 Å². The van der Waals surface area contributed by atoms with Crippen LogP contribution in [0.3, 0.4) is 0 Å². The van der Waals surface area contributed by atoms with Gasteiger partial charge < -0.3 is 5.32 Å². The van der Waals surface area contributed by atoms with Gasteiger partial charge in [-0.2, -0.15) is 0 Å². The maximum atomic E-state index is 13.4. The number of hydrogen-bond donors (Lipinski definition) is 2. The Balaban J connectivity index is 1.78. The second-order valence-electron chi connectivity index (χ2n) is 6.34. The minimum atomic E-state index is -3.81. The van der Waals surface area contributed by atoms with Crippen molar-refractivity contribution in [3.63, 3.8) is 0 Å². The molecule has 3 rings (SSSR count). The lowest BCUT2D eigenvalue weighted by molar-refractivity contribution is 0.598. The summed E-state index contributed by atoms with van der Waals surface area (Å²) in [4.78, 5) is 4.27. The normalized spacial score (nSPS) is 11.3. The minimum absolute atomic E-state index is 0.000799. The molecule has 0 unspecified atom stereocenters. The Morgan fingerprint density at radius 3 is 2.22 bits per heavy atom. The van der Waals surface area contributed by atoms with Crippen molar-refractivity contribution < 1.29 is 12.8 Å². The van der Waals surface area contributed by atoms with Crippen LogP contribution < -0.4 is 10.0 Å². The first kappa shape index (κ1) is 18.8. The van der Waals surface area contributed by atoms with E-state index in [1.807, 2.05) is 32.0 Å². The van der Waals surface area contributed by atoms with Crippen molar-refractivity contribution in [2.75, 3.05) is 10.0 Å². The molecule has 0 saturated carbocycles. The summed E-state index contributed by atoms with van der Waals surface area (Å²) in [6.07, 6.45) is 1.43. The Morgan fingerprint density at radius 1 is 0.926 bits per heavy atom. The smallest absolute Gasteiger partial charge is 0.261 e. The van der Waals surface area contributed by atoms with Crippen LogP contribution in [0.4, 0.5) is 21.6 Å². The van der Waals surface area contributed by atoms with Crippen molar-refractivity contribution in [2.24, 2.45) is 0 Å². The number of sulfonamides is 1. The average molecular weight is 385 g/mol. The highest BCUT2D eigenvalue weighted by molar-refractivity contribution is 7.92. The monoisotopic (exact) mass is 385 g/mol. The molecule has 0 fully saturated rings. The molecule has 0 radical (unpaired) electrons. The summed E-state index contributed by atoms with van der Waals surface area (Å²) >= 11 is 0. The summed E-state index contributed by atoms with van der Waals surface area (Å²) in [6, 6.07) is 13.0. The van der Waals surface area contributed by atoms with Gasteiger partial charge in [0.05, 0.1) is 16.8 Å². The first-order valence-corrected chi connectivity index (χ1v) is 9.83. The van der Waals surface area contributed by atoms with Gasteiger partial charge in [-0.25, -0.2) is 17.8 Å². The van der Waals surface area contributed by atoms with E-state index in [1.165, 1.54) is 25.3 Å². The Morgan fingerprint density at radius 2 is 1.63 bits per heavy atom. The molecular weight excluding hydrogens is 365 g/mol. The Hall–Kier alpha value is -2.93. The Bertz CT molecular complexity index is 1060. The number of aryl methyl sites for hydroxylation is 3. The van der Waals surface area contributed by atoms with Crippen molar-refractivity contribution in [2.45, 2.75) is 25.7 Å². The zero-order valence-corrected chi connectivity index (χ0v) is 16.1. The summed E-state index contributed by atoms with van der Waals surface area (Å²) in [5, 5.41) is 3.25. The largest absolute Gasteiger partial charge is 0.340 e. The molecule has 2 aromatic carbocycles. The summed E-state index contributed by atoms with van der Waals surface area (Å²) in [5.41, 5.74) is 3.75. The molecule has 0 spiro atoms. The van der Waals surface area contributed by atoms with E-state index in [9.17, 15) is 12.8 Å². The maximum Gasteiger partial charge on any atom is 0.261 e. The molecule has 0 aliphatic rings. The molecule has 0 bridgehead atoms. The van der Waals surface area contributed by atoms with E-state index < -0.39 is 15.8 Å². The molecule has 1 aromatic heterocycles. The second-order valence-corrected chi connectivity index (χ2v) is 8.02. The van der Waals surface area contributed by atoms with Gasteiger partial charge in [-0.1, -0.05) is 18.2 Å². The standard InChI is InChI=1S/C20H20FN3O2S/c1-13-5-4-6-14(2)20(13)23-19-10-7-16(12-22-19)24-27(25,26)17-8-9-18(21)15(3)11-17/h4-12,24H,1-3H3,(H,22,23). The summed E-state index contributed by atoms with van der Waals surface area (Å²) < 4.78 is 40.7. The quantitative estimate of drug-likeness (QED) is 0.668. The lowest BCUT2D eigenvalue weighted by atomic mass is 10.1. The molecule has 1 heterocycles. The maximum absolute atomic E-state index is 13.4. The van der Waals surface area contributed by atoms with Crippen molar-refractivity contribution in [3.05, 3.63) is 77.2 Å². The first-order chi connectivity index (χ1) is 12.8. The Kier molecular flexibility index (Phi) is 5.14. The van der Waals surface area contributed by atoms with E-state index in [0.717, 1.165) is 22.9 Å². The number of para-hydroxylation sites is 1. The molecular formula is C20H20FN3O2S. The van der Waals surface area contributed by atoms with Crippen LogP contribution in [0.15, 0.2) is 59.6 Å². The zero-order chi connectivity index (χ0) is 19.6. The van der Waals surface area contributed by atoms with Crippen LogP contribution in [0.2, 0.25) is 0 Å². The molecule has 3 aromatic rings. The van der Waals surface area contributed by atoms with Crippen LogP contribution in [0.5, 0.6) is 0 Å². The van der Waals surface area contributed by atoms with E-state index in [0.29, 0.717) is 11.5 Å². The number of nitrogens with one attached hydrogen (secondary N) is 2. The van der Waals surface area contributed by atoms with E-state index in [-0.39, 0.29) is 10.5 Å². The highest BCUT2D eigenvalue weighted by Crippen LogP contribution is 2.24. The SMILES string of the molecule is Cc1cc(S(=O)(=O)Nc2ccc(Nc3c(C)cccc3C)nc2)ccc1F. The third-order valence-corrected chi connectivity index (χ3v) is 5.57. The lowest BCUT2D eigenvalue weighted by Gasteiger charge is -2.13. The van der Waals surface area contributed by atoms with Gasteiger partial charge in [0.2, 0.25) is 0 Å². The van der Waals surface area contributed by atoms with Crippen LogP contribution in [-0.2, 0) is 10.0 Å². The van der Waals surface area contributed by atoms with Crippen LogP contribution in [0.1, 0.15) is 16.7 Å². The summed E-state index contributed by atoms with van der Waals surface area (Å²) in [7, 11) is -3.81. The van der Waals surface area contributed by atoms with E-state index in [2.05, 4.69) is 15.0 Å². The van der Waals surface area contributed by atoms with Gasteiger partial charge in [0.1, 0.15) is 11.6 Å². The number of aromatic nitrogens is 1. The lowest BCUT2D eigenvalue weighted by Crippen LogP contribution is -2.13. The predicted molar refractivity (Wildman–Crippen MR) is 105 cm³/mol. The van der Waals surface area contributed by atoms with Crippen LogP contribution >= 0.6 is 0 Å². The van der Waals surface area contributed by atoms with Gasteiger partial charge in [-0.15, -0.1) is 0 Å². The van der Waals surface area contributed by atoms with Crippen molar-refractivity contribution in [1.82, 2.24) is 4.98 Å². The molecule has 140 valence electrons. The number of rotatable bonds is 5. The molecule has 0 aliphatic heterocycles. The van der Waals surface area contributed by atoms with Crippen molar-refractivity contribution in [1.29, 1.82) is 0 Å². The topological polar surface area (TPSA) is 71.1 Å². The van der Waals surface area contributed by atoms with Crippen LogP contribution in [-0.4, -0.2) is 13.4 Å². The third-order valence-electron chi connectivity index (χ3n) is 4.19. The van der Waals surface area contributed by atoms with Crippen LogP contribution in [0.25, 0.3) is 0 Å². The molecule has 2 N–H and O–H groups in total. The van der Waals surface area contributed by atoms with Gasteiger partial charge in [0, 0.05) is 5.69 Å². The Labute approximate surface area is 158 Å². The number of benzene rings is 2. The third kappa shape index (κ3) is 4.25. The van der Waals surface area contributed by atoms with E-state index >= 15 is 0 Å². The number of pyridine rings is 1. The van der Waals surface area contributed by atoms with Gasteiger partial charge >= 0.3 is 0 Å². The zero-order valence-electron chi connectivity index (χ0n) is 15.2. The van der Waals surface area contributed by atoms with Gasteiger partial charge in [0.25, 0.3) is 10.0 Å². The molecule has 0 atom stereocenters. The van der Waals surface area contributed by atoms with Gasteiger partial charge in [0.15, 0.2) is 0 Å². The fraction of sp³-hybridized carbons (Fsp3) is 0.150. The summed E-state index contributed by atoms with van der Waals surface area (Å²) in [5.74, 6) is 0.158. The van der Waals surface area contributed by atoms with Crippen LogP contribution in [0, 0.1) is 26.6 Å². The van der Waals surface area contributed by atoms with E-state index in [4.69, 9.17) is 0 Å². The second kappa shape index (κ2) is 7.36. The number of nitrogens with zero attached hydrogens (tertiary/aromatic N) is 1. The number of halogens is 1. The molecule has 5 nitrogen and oxygen atoms in total. The minimum Gasteiger partial charge on any atom is -0.340 e. The van der Waals surface area contributed by atoms with Gasteiger partial charge in [-0.3, -0.25) is 4.72 Å². The predicted octanol–water partition coefficient (Wildman–Crippen LogP) is 4.69. The summed E-state index contributed by atoms with van der Waals surface area (Å²) in [6.45, 7) is 5.52. The molecule has 0 amide bonds. The van der Waals surface area contributed by atoms with Crippen molar-refractivity contribution >= 4 is 27.2 Å². The molecule has 0 saturated heterocycles. The first-order valence-electron chi connectivity index (χ1n) is 8.34. The number of anilines is 3. The highest BCUT2D eigenvalue weighted by Gasteiger charge is 2.16. The molecule has 7 heteroatoms. The number of hydrogen-bond acceptors (Lipinski definition) is 4. The molecule has 27 heavy (non-hydrogen) atoms. The highest BCUT2D eigenvalue weighted by atomic mass is 32.2. The fourth-order valence-corrected chi connectivity index (χ4v) is 3.79. The average Bonchev–Trinajstić information content (AvgIpc) is 2.62. The fourth-order valence-electron chi connectivity index (χ4n) is 2.67. The van der Waals surface area contributed by atoms with Crippen molar-refractivity contribution in [3.8, 4) is 0 Å². The van der Waals surface area contributed by atoms with Gasteiger partial charge in [-0.05, 0) is 67.8 Å². The molecule has 0 aliphatic carbocycles.